The van der Waals surface area contributed by atoms with Crippen LogP contribution >= 0.6 is 0 Å². The van der Waals surface area contributed by atoms with Gasteiger partial charge in [-0.2, -0.15) is 0 Å². The van der Waals surface area contributed by atoms with E-state index >= 15 is 0 Å². The van der Waals surface area contributed by atoms with Gasteiger partial charge in [0, 0.05) is 12.6 Å². The molecule has 26 heavy (non-hydrogen) atoms. The Bertz CT molecular complexity index is 743. The highest BCUT2D eigenvalue weighted by molar-refractivity contribution is 5.91. The molecule has 0 spiro atoms. The molecular weight excluding hydrogens is 334 g/mol. The maximum absolute atomic E-state index is 12.0. The summed E-state index contributed by atoms with van der Waals surface area (Å²) in [7, 11) is 6.26. The maximum atomic E-state index is 12.0. The van der Waals surface area contributed by atoms with E-state index in [1.54, 1.807) is 46.6 Å². The van der Waals surface area contributed by atoms with Gasteiger partial charge in [-0.25, -0.2) is 0 Å². The Balaban J connectivity index is 2.02. The predicted octanol–water partition coefficient (Wildman–Crippen LogP) is 3.05. The molecule has 2 aromatic carbocycles. The molecule has 6 heteroatoms. The van der Waals surface area contributed by atoms with Crippen molar-refractivity contribution in [3.63, 3.8) is 0 Å². The van der Waals surface area contributed by atoms with E-state index in [1.807, 2.05) is 24.3 Å². The van der Waals surface area contributed by atoms with Crippen LogP contribution in [-0.4, -0.2) is 34.3 Å². The van der Waals surface area contributed by atoms with Crippen molar-refractivity contribution in [2.24, 2.45) is 0 Å². The van der Waals surface area contributed by atoms with Crippen LogP contribution in [0.2, 0.25) is 0 Å². The van der Waals surface area contributed by atoms with E-state index in [2.05, 4.69) is 5.32 Å². The zero-order chi connectivity index (χ0) is 18.9. The van der Waals surface area contributed by atoms with Crippen molar-refractivity contribution in [1.29, 1.82) is 0 Å². The summed E-state index contributed by atoms with van der Waals surface area (Å²) < 4.78 is 21.0. The Morgan fingerprint density at radius 3 is 2.04 bits per heavy atom. The monoisotopic (exact) mass is 357 g/mol. The Hall–Kier alpha value is -3.15. The molecule has 0 aliphatic heterocycles. The lowest BCUT2D eigenvalue weighted by molar-refractivity contribution is -0.116. The molecule has 0 aromatic heterocycles. The van der Waals surface area contributed by atoms with Crippen molar-refractivity contribution in [3.8, 4) is 23.0 Å². The van der Waals surface area contributed by atoms with E-state index < -0.39 is 0 Å². The summed E-state index contributed by atoms with van der Waals surface area (Å²) in [5.74, 6) is 2.16. The molecular formula is C20H23NO5. The predicted molar refractivity (Wildman–Crippen MR) is 100.0 cm³/mol. The van der Waals surface area contributed by atoms with Crippen LogP contribution in [0.4, 0.5) is 0 Å². The first-order valence-electron chi connectivity index (χ1n) is 8.00. The number of nitrogens with one attached hydrogen (secondary N) is 1. The van der Waals surface area contributed by atoms with Crippen LogP contribution in [0.15, 0.2) is 42.5 Å². The highest BCUT2D eigenvalue weighted by atomic mass is 16.5. The Labute approximate surface area is 153 Å². The number of hydrogen-bond acceptors (Lipinski definition) is 5. The Kier molecular flexibility index (Phi) is 6.91. The second-order valence-corrected chi connectivity index (χ2v) is 5.36. The van der Waals surface area contributed by atoms with Crippen LogP contribution in [0.1, 0.15) is 11.1 Å². The molecule has 0 aliphatic carbocycles. The average molecular weight is 357 g/mol. The highest BCUT2D eigenvalue weighted by Gasteiger charge is 2.12. The minimum atomic E-state index is -0.199. The minimum absolute atomic E-state index is 0.199. The standard InChI is InChI=1S/C20H23NO5/c1-23-16-8-5-14(6-9-16)13-21-19(22)10-7-15-11-17(24-2)20(26-4)18(12-15)25-3/h5-12H,13H2,1-4H3,(H,21,22)/b10-7+. The molecule has 2 aromatic rings. The summed E-state index contributed by atoms with van der Waals surface area (Å²) in [5.41, 5.74) is 1.75. The molecule has 2 rings (SSSR count). The van der Waals surface area contributed by atoms with Gasteiger partial charge in [-0.15, -0.1) is 0 Å². The van der Waals surface area contributed by atoms with E-state index in [0.29, 0.717) is 23.8 Å². The second kappa shape index (κ2) is 9.36. The molecule has 0 bridgehead atoms. The summed E-state index contributed by atoms with van der Waals surface area (Å²) >= 11 is 0. The molecule has 0 saturated carbocycles. The lowest BCUT2D eigenvalue weighted by Crippen LogP contribution is -2.20. The minimum Gasteiger partial charge on any atom is -0.497 e. The number of hydrogen-bond donors (Lipinski definition) is 1. The van der Waals surface area contributed by atoms with E-state index in [0.717, 1.165) is 16.9 Å². The molecule has 0 heterocycles. The van der Waals surface area contributed by atoms with E-state index in [4.69, 9.17) is 18.9 Å². The van der Waals surface area contributed by atoms with Crippen molar-refractivity contribution in [2.45, 2.75) is 6.54 Å². The van der Waals surface area contributed by atoms with E-state index in [9.17, 15) is 4.79 Å². The quantitative estimate of drug-likeness (QED) is 0.736. The van der Waals surface area contributed by atoms with Gasteiger partial charge in [0.1, 0.15) is 5.75 Å². The number of amides is 1. The zero-order valence-electron chi connectivity index (χ0n) is 15.4. The van der Waals surface area contributed by atoms with Crippen molar-refractivity contribution in [2.75, 3.05) is 28.4 Å². The molecule has 0 fully saturated rings. The molecule has 0 atom stereocenters. The summed E-state index contributed by atoms with van der Waals surface area (Å²) in [6.07, 6.45) is 3.15. The third-order valence-corrected chi connectivity index (χ3v) is 3.74. The smallest absolute Gasteiger partial charge is 0.244 e. The Morgan fingerprint density at radius 2 is 1.54 bits per heavy atom. The van der Waals surface area contributed by atoms with E-state index in [-0.39, 0.29) is 5.91 Å². The van der Waals surface area contributed by atoms with Crippen LogP contribution in [0.5, 0.6) is 23.0 Å². The number of ether oxygens (including phenoxy) is 4. The van der Waals surface area contributed by atoms with Gasteiger partial charge < -0.3 is 24.3 Å². The lowest BCUT2D eigenvalue weighted by atomic mass is 10.1. The van der Waals surface area contributed by atoms with Crippen LogP contribution in [0.3, 0.4) is 0 Å². The van der Waals surface area contributed by atoms with Gasteiger partial charge in [0.2, 0.25) is 11.7 Å². The molecule has 1 N–H and O–H groups in total. The molecule has 0 radical (unpaired) electrons. The summed E-state index contributed by atoms with van der Waals surface area (Å²) in [5, 5.41) is 2.83. The topological polar surface area (TPSA) is 66.0 Å². The first-order chi connectivity index (χ1) is 12.6. The Morgan fingerprint density at radius 1 is 0.923 bits per heavy atom. The highest BCUT2D eigenvalue weighted by Crippen LogP contribution is 2.38. The fourth-order valence-corrected chi connectivity index (χ4v) is 2.36. The average Bonchev–Trinajstić information content (AvgIpc) is 2.69. The first kappa shape index (κ1) is 19.2. The van der Waals surface area contributed by atoms with E-state index in [1.165, 1.54) is 6.08 Å². The van der Waals surface area contributed by atoms with Crippen LogP contribution in [0.25, 0.3) is 6.08 Å². The molecule has 6 nitrogen and oxygen atoms in total. The number of benzene rings is 2. The molecule has 0 aliphatic rings. The largest absolute Gasteiger partial charge is 0.497 e. The second-order valence-electron chi connectivity index (χ2n) is 5.36. The SMILES string of the molecule is COc1ccc(CNC(=O)/C=C/c2cc(OC)c(OC)c(OC)c2)cc1. The zero-order valence-corrected chi connectivity index (χ0v) is 15.4. The third kappa shape index (κ3) is 4.92. The van der Waals surface area contributed by atoms with Gasteiger partial charge in [0.15, 0.2) is 11.5 Å². The van der Waals surface area contributed by atoms with Gasteiger partial charge in [-0.05, 0) is 41.5 Å². The normalized spacial score (nSPS) is 10.5. The van der Waals surface area contributed by atoms with Gasteiger partial charge in [-0.1, -0.05) is 12.1 Å². The van der Waals surface area contributed by atoms with Crippen LogP contribution in [-0.2, 0) is 11.3 Å². The van der Waals surface area contributed by atoms with Gasteiger partial charge in [0.25, 0.3) is 0 Å². The van der Waals surface area contributed by atoms with Crippen LogP contribution < -0.4 is 24.3 Å². The van der Waals surface area contributed by atoms with Gasteiger partial charge >= 0.3 is 0 Å². The van der Waals surface area contributed by atoms with Crippen molar-refractivity contribution < 1.29 is 23.7 Å². The van der Waals surface area contributed by atoms with Crippen molar-refractivity contribution in [1.82, 2.24) is 5.32 Å². The number of carbonyl (C=O) groups is 1. The third-order valence-electron chi connectivity index (χ3n) is 3.74. The van der Waals surface area contributed by atoms with Crippen molar-refractivity contribution in [3.05, 3.63) is 53.6 Å². The van der Waals surface area contributed by atoms with Gasteiger partial charge in [-0.3, -0.25) is 4.79 Å². The van der Waals surface area contributed by atoms with Gasteiger partial charge in [0.05, 0.1) is 28.4 Å². The number of methoxy groups -OCH3 is 4. The molecule has 1 amide bonds. The fourth-order valence-electron chi connectivity index (χ4n) is 2.36. The molecule has 0 unspecified atom stereocenters. The summed E-state index contributed by atoms with van der Waals surface area (Å²) in [6.45, 7) is 0.433. The van der Waals surface area contributed by atoms with Crippen LogP contribution in [0, 0.1) is 0 Å². The maximum Gasteiger partial charge on any atom is 0.244 e. The first-order valence-corrected chi connectivity index (χ1v) is 8.00. The molecule has 0 saturated heterocycles. The van der Waals surface area contributed by atoms with Crippen molar-refractivity contribution >= 4 is 12.0 Å². The molecule has 138 valence electrons. The fraction of sp³-hybridized carbons (Fsp3) is 0.250. The number of carbonyl (C=O) groups excluding carboxylic acids is 1. The summed E-state index contributed by atoms with van der Waals surface area (Å²) in [4.78, 5) is 12.0. The number of rotatable bonds is 8. The summed E-state index contributed by atoms with van der Waals surface area (Å²) in [6, 6.07) is 11.1. The lowest BCUT2D eigenvalue weighted by Gasteiger charge is -2.12.